The molecule has 2 amide bonds. The van der Waals surface area contributed by atoms with E-state index in [2.05, 4.69) is 15.2 Å². The lowest BCUT2D eigenvalue weighted by Gasteiger charge is -2.38. The van der Waals surface area contributed by atoms with E-state index in [0.717, 1.165) is 6.54 Å². The van der Waals surface area contributed by atoms with Crippen molar-refractivity contribution in [3.05, 3.63) is 30.1 Å². The highest BCUT2D eigenvalue weighted by atomic mass is 16.2. The molecule has 0 aliphatic carbocycles. The molecule has 1 aliphatic heterocycles. The van der Waals surface area contributed by atoms with E-state index in [0.29, 0.717) is 18.7 Å². The predicted molar refractivity (Wildman–Crippen MR) is 70.6 cm³/mol. The Kier molecular flexibility index (Phi) is 4.11. The van der Waals surface area contributed by atoms with E-state index in [1.807, 2.05) is 7.05 Å². The van der Waals surface area contributed by atoms with Gasteiger partial charge in [-0.15, -0.1) is 0 Å². The van der Waals surface area contributed by atoms with Crippen LogP contribution in [-0.4, -0.2) is 66.4 Å². The number of pyridine rings is 1. The van der Waals surface area contributed by atoms with Crippen LogP contribution in [-0.2, 0) is 4.79 Å². The Balaban J connectivity index is 2.21. The molecule has 2 heterocycles. The first-order valence-corrected chi connectivity index (χ1v) is 6.24. The van der Waals surface area contributed by atoms with Crippen molar-refractivity contribution in [3.63, 3.8) is 0 Å². The second-order valence-electron chi connectivity index (χ2n) is 4.63. The van der Waals surface area contributed by atoms with E-state index >= 15 is 0 Å². The molecule has 1 N–H and O–H groups in total. The monoisotopic (exact) mass is 262 g/mol. The van der Waals surface area contributed by atoms with E-state index in [1.54, 1.807) is 36.5 Å². The van der Waals surface area contributed by atoms with Crippen LogP contribution in [0, 0.1) is 0 Å². The number of piperazine rings is 1. The van der Waals surface area contributed by atoms with Crippen molar-refractivity contribution in [2.45, 2.75) is 6.04 Å². The molecule has 1 aliphatic rings. The third kappa shape index (κ3) is 2.90. The van der Waals surface area contributed by atoms with Crippen LogP contribution in [0.5, 0.6) is 0 Å². The third-order valence-corrected chi connectivity index (χ3v) is 3.32. The first-order valence-electron chi connectivity index (χ1n) is 6.24. The van der Waals surface area contributed by atoms with Crippen LogP contribution < -0.4 is 5.32 Å². The molecule has 1 saturated heterocycles. The van der Waals surface area contributed by atoms with Crippen LogP contribution in [0.3, 0.4) is 0 Å². The number of carbonyl (C=O) groups is 2. The summed E-state index contributed by atoms with van der Waals surface area (Å²) in [6.45, 7) is 1.87. The second-order valence-corrected chi connectivity index (χ2v) is 4.63. The number of aromatic nitrogens is 1. The van der Waals surface area contributed by atoms with Crippen molar-refractivity contribution in [3.8, 4) is 0 Å². The Hall–Kier alpha value is -1.95. The first-order chi connectivity index (χ1) is 9.13. The maximum atomic E-state index is 12.4. The molecule has 0 aromatic carbocycles. The van der Waals surface area contributed by atoms with Crippen molar-refractivity contribution >= 4 is 11.8 Å². The number of likely N-dealkylation sites (N-methyl/N-ethyl adjacent to an activating group) is 2. The van der Waals surface area contributed by atoms with E-state index in [-0.39, 0.29) is 11.8 Å². The van der Waals surface area contributed by atoms with Crippen molar-refractivity contribution in [2.75, 3.05) is 33.7 Å². The summed E-state index contributed by atoms with van der Waals surface area (Å²) < 4.78 is 0. The van der Waals surface area contributed by atoms with Gasteiger partial charge >= 0.3 is 0 Å². The standard InChI is InChI=1S/C13H18N4O2/c1-14-12(18)11-9-16(2)7-8-17(11)13(19)10-3-5-15-6-4-10/h3-6,11H,7-9H2,1-2H3,(H,14,18). The normalized spacial score (nSPS) is 20.1. The van der Waals surface area contributed by atoms with E-state index in [1.165, 1.54) is 0 Å². The van der Waals surface area contributed by atoms with Crippen molar-refractivity contribution in [2.24, 2.45) is 0 Å². The average molecular weight is 262 g/mol. The van der Waals surface area contributed by atoms with Crippen LogP contribution in [0.4, 0.5) is 0 Å². The lowest BCUT2D eigenvalue weighted by molar-refractivity contribution is -0.126. The minimum Gasteiger partial charge on any atom is -0.357 e. The van der Waals surface area contributed by atoms with Gasteiger partial charge in [0.05, 0.1) is 0 Å². The number of carbonyl (C=O) groups excluding carboxylic acids is 2. The largest absolute Gasteiger partial charge is 0.357 e. The summed E-state index contributed by atoms with van der Waals surface area (Å²) in [5.41, 5.74) is 0.563. The van der Waals surface area contributed by atoms with Crippen LogP contribution in [0.2, 0.25) is 0 Å². The summed E-state index contributed by atoms with van der Waals surface area (Å²) in [5.74, 6) is -0.252. The molecular formula is C13H18N4O2. The summed E-state index contributed by atoms with van der Waals surface area (Å²) in [4.78, 5) is 31.9. The number of hydrogen-bond acceptors (Lipinski definition) is 4. The Labute approximate surface area is 112 Å². The maximum absolute atomic E-state index is 12.4. The van der Waals surface area contributed by atoms with Gasteiger partial charge in [0, 0.05) is 44.6 Å². The fraction of sp³-hybridized carbons (Fsp3) is 0.462. The molecule has 0 spiro atoms. The minimum atomic E-state index is -0.440. The Morgan fingerprint density at radius 1 is 1.32 bits per heavy atom. The maximum Gasteiger partial charge on any atom is 0.254 e. The van der Waals surface area contributed by atoms with Gasteiger partial charge in [0.15, 0.2) is 0 Å². The number of hydrogen-bond donors (Lipinski definition) is 1. The topological polar surface area (TPSA) is 65.5 Å². The fourth-order valence-electron chi connectivity index (χ4n) is 2.21. The SMILES string of the molecule is CNC(=O)C1CN(C)CCN1C(=O)c1ccncc1. The molecule has 19 heavy (non-hydrogen) atoms. The van der Waals surface area contributed by atoms with Crippen LogP contribution in [0.1, 0.15) is 10.4 Å². The third-order valence-electron chi connectivity index (χ3n) is 3.32. The summed E-state index contributed by atoms with van der Waals surface area (Å²) in [6, 6.07) is 2.90. The molecule has 1 unspecified atom stereocenters. The quantitative estimate of drug-likeness (QED) is 0.786. The van der Waals surface area contributed by atoms with Gasteiger partial charge in [-0.3, -0.25) is 14.6 Å². The summed E-state index contributed by atoms with van der Waals surface area (Å²) >= 11 is 0. The molecule has 6 heteroatoms. The van der Waals surface area contributed by atoms with Gasteiger partial charge in [0.1, 0.15) is 6.04 Å². The molecule has 0 radical (unpaired) electrons. The zero-order valence-corrected chi connectivity index (χ0v) is 11.2. The first kappa shape index (κ1) is 13.5. The molecule has 0 saturated carbocycles. The highest BCUT2D eigenvalue weighted by Gasteiger charge is 2.33. The molecule has 0 bridgehead atoms. The van der Waals surface area contributed by atoms with Gasteiger partial charge in [0.25, 0.3) is 5.91 Å². The number of nitrogens with zero attached hydrogens (tertiary/aromatic N) is 3. The van der Waals surface area contributed by atoms with Gasteiger partial charge in [-0.1, -0.05) is 0 Å². The van der Waals surface area contributed by atoms with Gasteiger partial charge in [0.2, 0.25) is 5.91 Å². The Morgan fingerprint density at radius 3 is 2.63 bits per heavy atom. The predicted octanol–water partition coefficient (Wildman–Crippen LogP) is -0.416. The number of nitrogens with one attached hydrogen (secondary N) is 1. The molecule has 102 valence electrons. The lowest BCUT2D eigenvalue weighted by Crippen LogP contribution is -2.59. The lowest BCUT2D eigenvalue weighted by atomic mass is 10.1. The van der Waals surface area contributed by atoms with Gasteiger partial charge in [-0.25, -0.2) is 0 Å². The minimum absolute atomic E-state index is 0.121. The zero-order valence-electron chi connectivity index (χ0n) is 11.2. The second kappa shape index (κ2) is 5.79. The van der Waals surface area contributed by atoms with Crippen molar-refractivity contribution in [1.29, 1.82) is 0 Å². The Morgan fingerprint density at radius 2 is 2.00 bits per heavy atom. The molecule has 2 rings (SSSR count). The summed E-state index contributed by atoms with van der Waals surface area (Å²) in [5, 5.41) is 2.62. The van der Waals surface area contributed by atoms with Gasteiger partial charge in [-0.05, 0) is 19.2 Å². The number of amides is 2. The highest BCUT2D eigenvalue weighted by Crippen LogP contribution is 2.13. The highest BCUT2D eigenvalue weighted by molar-refractivity contribution is 5.97. The van der Waals surface area contributed by atoms with Gasteiger partial charge in [-0.2, -0.15) is 0 Å². The molecule has 1 atom stereocenters. The molecule has 1 aromatic heterocycles. The number of rotatable bonds is 2. The van der Waals surface area contributed by atoms with Crippen LogP contribution >= 0.6 is 0 Å². The van der Waals surface area contributed by atoms with Crippen LogP contribution in [0.25, 0.3) is 0 Å². The smallest absolute Gasteiger partial charge is 0.254 e. The van der Waals surface area contributed by atoms with Crippen molar-refractivity contribution < 1.29 is 9.59 Å². The van der Waals surface area contributed by atoms with E-state index in [9.17, 15) is 9.59 Å². The molecule has 1 fully saturated rings. The average Bonchev–Trinajstić information content (AvgIpc) is 2.46. The molecule has 1 aromatic rings. The summed E-state index contributed by atoms with van der Waals surface area (Å²) in [6.07, 6.45) is 3.16. The Bertz CT molecular complexity index is 463. The van der Waals surface area contributed by atoms with E-state index in [4.69, 9.17) is 0 Å². The molecular weight excluding hydrogens is 244 g/mol. The van der Waals surface area contributed by atoms with E-state index < -0.39 is 6.04 Å². The van der Waals surface area contributed by atoms with Crippen LogP contribution in [0.15, 0.2) is 24.5 Å². The zero-order chi connectivity index (χ0) is 13.8. The van der Waals surface area contributed by atoms with Gasteiger partial charge < -0.3 is 15.1 Å². The molecule has 6 nitrogen and oxygen atoms in total. The summed E-state index contributed by atoms with van der Waals surface area (Å²) in [7, 11) is 3.54. The fourth-order valence-corrected chi connectivity index (χ4v) is 2.21. The van der Waals surface area contributed by atoms with Crippen molar-refractivity contribution in [1.82, 2.24) is 20.1 Å².